The summed E-state index contributed by atoms with van der Waals surface area (Å²) in [5, 5.41) is 5.88. The Kier molecular flexibility index (Phi) is 38.5. The van der Waals surface area contributed by atoms with Crippen LogP contribution in [0.15, 0.2) is 121 Å². The van der Waals surface area contributed by atoms with E-state index in [1.807, 2.05) is 11.3 Å². The molecule has 0 unspecified atom stereocenters. The second-order valence-corrected chi connectivity index (χ2v) is 41.7. The maximum absolute atomic E-state index is 2.88. The minimum absolute atomic E-state index is 0.0207. The van der Waals surface area contributed by atoms with E-state index in [1.54, 1.807) is 33.4 Å². The van der Waals surface area contributed by atoms with E-state index in [4.69, 9.17) is 0 Å². The van der Waals surface area contributed by atoms with Crippen LogP contribution in [0.2, 0.25) is 0 Å². The number of rotatable bonds is 62. The van der Waals surface area contributed by atoms with Crippen molar-refractivity contribution >= 4 is 64.7 Å². The van der Waals surface area contributed by atoms with Crippen molar-refractivity contribution < 1.29 is 0 Å². The van der Waals surface area contributed by atoms with Gasteiger partial charge in [0.1, 0.15) is 0 Å². The Hall–Kier alpha value is -5.74. The van der Waals surface area contributed by atoms with Crippen molar-refractivity contribution in [2.75, 3.05) is 0 Å². The molecule has 0 amide bonds. The summed E-state index contributed by atoms with van der Waals surface area (Å²) < 4.78 is 5.73. The van der Waals surface area contributed by atoms with Crippen LogP contribution in [-0.4, -0.2) is 4.57 Å². The molecule has 0 aliphatic heterocycles. The first-order chi connectivity index (χ1) is 59.5. The van der Waals surface area contributed by atoms with Gasteiger partial charge in [-0.15, -0.1) is 22.7 Å². The Labute approximate surface area is 748 Å². The maximum Gasteiger partial charge on any atom is 0.0707 e. The molecule has 658 valence electrons. The average molecular weight is 1670 g/mol. The first-order valence-electron chi connectivity index (χ1n) is 52.1. The molecule has 0 atom stereocenters. The van der Waals surface area contributed by atoms with Crippen molar-refractivity contribution in [3.8, 4) is 54.9 Å². The quantitative estimate of drug-likeness (QED) is 0.0264. The molecule has 2 aliphatic carbocycles. The lowest BCUT2D eigenvalue weighted by Gasteiger charge is -2.34. The second kappa shape index (κ2) is 49.4. The number of benzene rings is 7. The van der Waals surface area contributed by atoms with Gasteiger partial charge in [-0.3, -0.25) is 0 Å². The van der Waals surface area contributed by atoms with Gasteiger partial charge >= 0.3 is 0 Å². The van der Waals surface area contributed by atoms with Gasteiger partial charge in [0.05, 0.1) is 20.4 Å². The van der Waals surface area contributed by atoms with E-state index in [0.29, 0.717) is 11.8 Å². The van der Waals surface area contributed by atoms with Gasteiger partial charge in [-0.25, -0.2) is 0 Å². The molecule has 0 saturated heterocycles. The number of thiophene rings is 2. The number of nitrogens with zero attached hydrogens (tertiary/aromatic N) is 1. The van der Waals surface area contributed by atoms with Crippen LogP contribution >= 0.6 is 22.7 Å². The Morgan fingerprint density at radius 3 is 0.975 bits per heavy atom. The molecule has 12 rings (SSSR count). The van der Waals surface area contributed by atoms with Crippen LogP contribution in [0.4, 0.5) is 0 Å². The van der Waals surface area contributed by atoms with Crippen LogP contribution in [0.25, 0.3) is 96.9 Å². The Morgan fingerprint density at radius 2 is 0.587 bits per heavy atom. The third-order valence-electron chi connectivity index (χ3n) is 29.8. The fourth-order valence-electron chi connectivity index (χ4n) is 22.9. The Morgan fingerprint density at radius 1 is 0.273 bits per heavy atom. The molecule has 0 spiro atoms. The van der Waals surface area contributed by atoms with E-state index in [2.05, 4.69) is 213 Å². The van der Waals surface area contributed by atoms with E-state index in [-0.39, 0.29) is 10.8 Å². The molecule has 0 radical (unpaired) electrons. The van der Waals surface area contributed by atoms with Crippen molar-refractivity contribution in [3.63, 3.8) is 0 Å². The second-order valence-electron chi connectivity index (χ2n) is 39.4. The topological polar surface area (TPSA) is 4.93 Å². The summed E-state index contributed by atoms with van der Waals surface area (Å²) in [6, 6.07) is 53.5. The number of unbranched alkanes of at least 4 members (excludes halogenated alkanes) is 37. The highest BCUT2D eigenvalue weighted by Gasteiger charge is 2.45. The Balaban J connectivity index is 1.08. The van der Waals surface area contributed by atoms with Gasteiger partial charge < -0.3 is 4.57 Å². The molecule has 10 aromatic rings. The smallest absolute Gasteiger partial charge is 0.0707 e. The van der Waals surface area contributed by atoms with Gasteiger partial charge in [0.25, 0.3) is 0 Å². The summed E-state index contributed by atoms with van der Waals surface area (Å²) in [5.41, 5.74) is 27.1. The fraction of sp³-hybridized carbons (Fsp3) is 0.610. The molecule has 0 N–H and O–H groups in total. The molecule has 0 fully saturated rings. The molecular weight excluding hydrogens is 1500 g/mol. The summed E-state index contributed by atoms with van der Waals surface area (Å²) in [6.45, 7) is 27.3. The van der Waals surface area contributed by atoms with Crippen molar-refractivity contribution in [2.45, 2.75) is 453 Å². The summed E-state index contributed by atoms with van der Waals surface area (Å²) in [4.78, 5) is 2.88. The SMILES string of the molecule is CCCCCCCCC(CCCCCCCC)Cc1ccc2c(-c3ccc4c(c3)C(CCCCCC)(CCCCCC)c3cc(-c5cc6c(s5)c5sc(C)cc5n6CCCCCCCC)ccc3-4)c3cc(CC(CCCCCCCC)CCCCCCCC)ccc3c(-c3ccc4c(c3)C(CCCCCC)(CCCCCC)c3cc(C)ccc3-4)c2c1. The van der Waals surface area contributed by atoms with Crippen LogP contribution in [0.3, 0.4) is 0 Å². The van der Waals surface area contributed by atoms with Crippen LogP contribution in [0, 0.1) is 25.7 Å². The standard InChI is InChI=1S/C118H169NS2/c1-12-21-30-39-44-49-58-91(59-50-45-40-31-22-13-2)81-93-64-70-103-104(83-93)113(96-66-72-100-98-68-62-89(10)79-106(98)117(108(100)86-96,74-53-35-26-17-6)75-54-36-27-18-7)102-69-63-94(82-92(60-51-46-41-32-23-14-3)61-52-47-42-33-24-15-4)84-105(102)114(103)97-67-73-101-99-71-65-95(85-107(99)118(109(101)87-97,76-55-37-28-19-8)77-56-38-29-20-9)112-88-111-116(121-112)115-110(80-90(11)120-115)119(111)78-57-48-43-34-25-16-5/h62-73,79-80,83-88,91-92H,12-61,74-78,81-82H2,1-11H3. The van der Waals surface area contributed by atoms with Crippen LogP contribution < -0.4 is 0 Å². The number of fused-ring (bicyclic) bond motifs is 11. The summed E-state index contributed by atoms with van der Waals surface area (Å²) in [6.07, 6.45) is 73.8. The lowest BCUT2D eigenvalue weighted by Crippen LogP contribution is -2.25. The van der Waals surface area contributed by atoms with Gasteiger partial charge in [0, 0.05) is 27.1 Å². The van der Waals surface area contributed by atoms with Crippen molar-refractivity contribution in [1.29, 1.82) is 0 Å². The molecule has 3 heterocycles. The fourth-order valence-corrected chi connectivity index (χ4v) is 25.2. The molecule has 1 nitrogen and oxygen atoms in total. The highest BCUT2D eigenvalue weighted by molar-refractivity contribution is 7.29. The monoisotopic (exact) mass is 1660 g/mol. The van der Waals surface area contributed by atoms with Gasteiger partial charge in [-0.2, -0.15) is 0 Å². The molecule has 0 bridgehead atoms. The first kappa shape index (κ1) is 94.4. The molecule has 121 heavy (non-hydrogen) atoms. The van der Waals surface area contributed by atoms with Crippen molar-refractivity contribution in [1.82, 2.24) is 4.57 Å². The zero-order valence-electron chi connectivity index (χ0n) is 79.3. The summed E-state index contributed by atoms with van der Waals surface area (Å²) in [5.74, 6) is 1.38. The lowest BCUT2D eigenvalue weighted by atomic mass is 9.69. The lowest BCUT2D eigenvalue weighted by molar-refractivity contribution is 0.401. The van der Waals surface area contributed by atoms with Crippen LogP contribution in [0.1, 0.15) is 453 Å². The average Bonchev–Trinajstić information content (AvgIpc) is 1.24. The number of aromatic nitrogens is 1. The molecule has 0 saturated carbocycles. The summed E-state index contributed by atoms with van der Waals surface area (Å²) >= 11 is 4.10. The maximum atomic E-state index is 2.88. The highest BCUT2D eigenvalue weighted by atomic mass is 32.1. The van der Waals surface area contributed by atoms with Crippen molar-refractivity contribution in [3.05, 3.63) is 165 Å². The minimum Gasteiger partial charge on any atom is -0.339 e. The number of aryl methyl sites for hydroxylation is 3. The van der Waals surface area contributed by atoms with E-state index in [9.17, 15) is 0 Å². The predicted octanol–water partition coefficient (Wildman–Crippen LogP) is 39.9. The van der Waals surface area contributed by atoms with E-state index < -0.39 is 0 Å². The van der Waals surface area contributed by atoms with E-state index in [0.717, 1.165) is 13.0 Å². The minimum atomic E-state index is -0.106. The van der Waals surface area contributed by atoms with E-state index in [1.165, 1.54) is 461 Å². The van der Waals surface area contributed by atoms with E-state index >= 15 is 0 Å². The normalized spacial score (nSPS) is 13.4. The summed E-state index contributed by atoms with van der Waals surface area (Å²) in [7, 11) is 0. The zero-order chi connectivity index (χ0) is 84.6. The van der Waals surface area contributed by atoms with Crippen LogP contribution in [-0.2, 0) is 30.2 Å². The highest BCUT2D eigenvalue weighted by Crippen LogP contribution is 2.60. The van der Waals surface area contributed by atoms with Gasteiger partial charge in [0.15, 0.2) is 0 Å². The van der Waals surface area contributed by atoms with Gasteiger partial charge in [-0.05, 0) is 206 Å². The van der Waals surface area contributed by atoms with Crippen LogP contribution in [0.5, 0.6) is 0 Å². The van der Waals surface area contributed by atoms with Gasteiger partial charge in [-0.1, -0.05) is 473 Å². The van der Waals surface area contributed by atoms with Gasteiger partial charge in [0.2, 0.25) is 0 Å². The van der Waals surface area contributed by atoms with Crippen molar-refractivity contribution in [2.24, 2.45) is 11.8 Å². The largest absolute Gasteiger partial charge is 0.339 e. The molecule has 2 aliphatic rings. The molecule has 3 heteroatoms. The molecular formula is C118H169NS2. The third kappa shape index (κ3) is 24.1. The molecule has 3 aromatic heterocycles. The zero-order valence-corrected chi connectivity index (χ0v) is 80.9. The number of hydrogen-bond donors (Lipinski definition) is 0. The molecule has 7 aromatic carbocycles. The third-order valence-corrected chi connectivity index (χ3v) is 32.2. The predicted molar refractivity (Wildman–Crippen MR) is 543 cm³/mol. The number of hydrogen-bond acceptors (Lipinski definition) is 2. The Bertz CT molecular complexity index is 4690. The first-order valence-corrected chi connectivity index (χ1v) is 53.7.